The highest BCUT2D eigenvalue weighted by atomic mass is 32.2. The first-order valence-electron chi connectivity index (χ1n) is 9.19. The van der Waals surface area contributed by atoms with Crippen LogP contribution >= 0.6 is 0 Å². The van der Waals surface area contributed by atoms with Crippen LogP contribution in [0.4, 0.5) is 0 Å². The number of hydrogen-bond acceptors (Lipinski definition) is 4. The minimum absolute atomic E-state index is 0.0626. The maximum Gasteiger partial charge on any atom is 0.297 e. The number of nitrogens with one attached hydrogen (secondary N) is 2. The first-order valence-corrected chi connectivity index (χ1v) is 10.6. The summed E-state index contributed by atoms with van der Waals surface area (Å²) in [6.45, 7) is 3.75. The lowest BCUT2D eigenvalue weighted by atomic mass is 10.0. The van der Waals surface area contributed by atoms with E-state index in [0.29, 0.717) is 21.8 Å². The Morgan fingerprint density at radius 3 is 2.20 bits per heavy atom. The average molecular weight is 420 g/mol. The van der Waals surface area contributed by atoms with Crippen molar-refractivity contribution in [2.75, 3.05) is 0 Å². The highest BCUT2D eigenvalue weighted by Gasteiger charge is 2.24. The summed E-state index contributed by atoms with van der Waals surface area (Å²) in [5.74, 6) is 0. The van der Waals surface area contributed by atoms with Gasteiger partial charge in [-0.15, -0.1) is 0 Å². The number of fused-ring (bicyclic) bond motifs is 4. The van der Waals surface area contributed by atoms with Gasteiger partial charge in [0.25, 0.3) is 10.1 Å². The lowest BCUT2D eigenvalue weighted by Gasteiger charge is -2.12. The number of rotatable bonds is 1. The van der Waals surface area contributed by atoms with Crippen molar-refractivity contribution in [3.63, 3.8) is 0 Å². The zero-order valence-electron chi connectivity index (χ0n) is 16.0. The molecule has 0 bridgehead atoms. The monoisotopic (exact) mass is 420 g/mol. The molecule has 0 aliphatic rings. The topological polar surface area (TPSA) is 120 Å². The number of hydrogen-bond donors (Lipinski definition) is 3. The molecule has 2 aromatic heterocycles. The van der Waals surface area contributed by atoms with E-state index in [9.17, 15) is 22.6 Å². The molecule has 3 N–H and O–H groups in total. The Kier molecular flexibility index (Phi) is 3.71. The molecule has 3 aromatic carbocycles. The van der Waals surface area contributed by atoms with Crippen molar-refractivity contribution in [2.45, 2.75) is 18.7 Å². The molecule has 0 unspecified atom stereocenters. The van der Waals surface area contributed by atoms with Crippen LogP contribution in [-0.2, 0) is 10.1 Å². The van der Waals surface area contributed by atoms with Crippen LogP contribution in [0.1, 0.15) is 11.1 Å². The van der Waals surface area contributed by atoms with Gasteiger partial charge in [0.15, 0.2) is 10.9 Å². The number of aryl methyl sites for hydroxylation is 2. The number of para-hydroxylation sites is 1. The fourth-order valence-electron chi connectivity index (χ4n) is 4.00. The van der Waals surface area contributed by atoms with E-state index in [4.69, 9.17) is 0 Å². The first-order chi connectivity index (χ1) is 14.2. The van der Waals surface area contributed by atoms with E-state index in [2.05, 4.69) is 9.97 Å². The van der Waals surface area contributed by atoms with Gasteiger partial charge in [-0.2, -0.15) is 8.42 Å². The van der Waals surface area contributed by atoms with Crippen LogP contribution in [0.2, 0.25) is 0 Å². The summed E-state index contributed by atoms with van der Waals surface area (Å²) in [6, 6.07) is 11.6. The van der Waals surface area contributed by atoms with E-state index in [1.165, 1.54) is 6.07 Å². The molecule has 0 aliphatic heterocycles. The second kappa shape index (κ2) is 6.01. The Labute approximate surface area is 169 Å². The van der Waals surface area contributed by atoms with E-state index in [-0.39, 0.29) is 21.8 Å². The third-order valence-corrected chi connectivity index (χ3v) is 6.51. The van der Waals surface area contributed by atoms with Gasteiger partial charge < -0.3 is 9.97 Å². The standard InChI is InChI=1S/C22H16N2O5S/c1-10-7-13-16(8-11(10)2)23-17-9-14-19(22(30(27,28)29)18(17)21(13)26)24-15-6-4-3-5-12(15)20(14)25/h3-9H,1-2H3,(H,23,26)(H,24,25)(H,27,28,29). The molecule has 30 heavy (non-hydrogen) atoms. The molecule has 5 rings (SSSR count). The third-order valence-electron chi connectivity index (χ3n) is 5.59. The largest absolute Gasteiger partial charge is 0.354 e. The van der Waals surface area contributed by atoms with Gasteiger partial charge in [0, 0.05) is 21.7 Å². The van der Waals surface area contributed by atoms with Gasteiger partial charge in [-0.3, -0.25) is 14.1 Å². The second-order valence-corrected chi connectivity index (χ2v) is 8.82. The molecule has 0 aliphatic carbocycles. The first kappa shape index (κ1) is 18.5. The van der Waals surface area contributed by atoms with Gasteiger partial charge >= 0.3 is 0 Å². The molecule has 0 spiro atoms. The smallest absolute Gasteiger partial charge is 0.297 e. The molecule has 0 amide bonds. The minimum atomic E-state index is -4.84. The maximum atomic E-state index is 13.3. The van der Waals surface area contributed by atoms with Crippen molar-refractivity contribution in [1.82, 2.24) is 9.97 Å². The van der Waals surface area contributed by atoms with E-state index < -0.39 is 25.9 Å². The summed E-state index contributed by atoms with van der Waals surface area (Å²) in [6.07, 6.45) is 0. The summed E-state index contributed by atoms with van der Waals surface area (Å²) < 4.78 is 34.8. The fourth-order valence-corrected chi connectivity index (χ4v) is 4.88. The normalized spacial score (nSPS) is 12.4. The van der Waals surface area contributed by atoms with Crippen LogP contribution in [0.5, 0.6) is 0 Å². The van der Waals surface area contributed by atoms with E-state index in [1.807, 2.05) is 13.8 Å². The highest BCUT2D eigenvalue weighted by molar-refractivity contribution is 7.86. The molecule has 0 saturated carbocycles. The highest BCUT2D eigenvalue weighted by Crippen LogP contribution is 2.30. The van der Waals surface area contributed by atoms with Crippen LogP contribution in [-0.4, -0.2) is 22.9 Å². The average Bonchev–Trinajstić information content (AvgIpc) is 2.68. The predicted octanol–water partition coefficient (Wildman–Crippen LogP) is 3.54. The summed E-state index contributed by atoms with van der Waals surface area (Å²) in [7, 11) is -4.84. The summed E-state index contributed by atoms with van der Waals surface area (Å²) >= 11 is 0. The van der Waals surface area contributed by atoms with Crippen molar-refractivity contribution in [3.8, 4) is 0 Å². The fraction of sp³-hybridized carbons (Fsp3) is 0.0909. The molecular formula is C22H16N2O5S. The van der Waals surface area contributed by atoms with Crippen molar-refractivity contribution in [1.29, 1.82) is 0 Å². The van der Waals surface area contributed by atoms with Crippen LogP contribution < -0.4 is 10.9 Å². The summed E-state index contributed by atoms with van der Waals surface area (Å²) in [4.78, 5) is 31.8. The number of aromatic amines is 2. The van der Waals surface area contributed by atoms with Gasteiger partial charge in [0.1, 0.15) is 4.90 Å². The lowest BCUT2D eigenvalue weighted by Crippen LogP contribution is -2.14. The van der Waals surface area contributed by atoms with Crippen LogP contribution in [0.25, 0.3) is 43.6 Å². The van der Waals surface area contributed by atoms with Gasteiger partial charge in [0.2, 0.25) is 0 Å². The Bertz CT molecular complexity index is 1780. The van der Waals surface area contributed by atoms with Gasteiger partial charge in [-0.1, -0.05) is 12.1 Å². The molecule has 0 saturated heterocycles. The molecule has 0 fully saturated rings. The van der Waals surface area contributed by atoms with E-state index >= 15 is 0 Å². The quantitative estimate of drug-likeness (QED) is 0.283. The van der Waals surface area contributed by atoms with Gasteiger partial charge in [-0.25, -0.2) is 0 Å². The molecule has 0 atom stereocenters. The van der Waals surface area contributed by atoms with Gasteiger partial charge in [-0.05, 0) is 55.3 Å². The molecule has 0 radical (unpaired) electrons. The van der Waals surface area contributed by atoms with E-state index in [0.717, 1.165) is 11.1 Å². The molecule has 5 aromatic rings. The lowest BCUT2D eigenvalue weighted by molar-refractivity contribution is 0.485. The minimum Gasteiger partial charge on any atom is -0.354 e. The van der Waals surface area contributed by atoms with Crippen LogP contribution in [0.3, 0.4) is 0 Å². The molecule has 150 valence electrons. The maximum absolute atomic E-state index is 13.3. The Morgan fingerprint density at radius 1 is 0.767 bits per heavy atom. The Morgan fingerprint density at radius 2 is 1.47 bits per heavy atom. The zero-order chi connectivity index (χ0) is 21.4. The number of H-pyrrole nitrogens is 2. The second-order valence-electron chi connectivity index (χ2n) is 7.46. The zero-order valence-corrected chi connectivity index (χ0v) is 16.8. The van der Waals surface area contributed by atoms with Crippen LogP contribution in [0.15, 0.2) is 56.9 Å². The van der Waals surface area contributed by atoms with Crippen molar-refractivity contribution < 1.29 is 13.0 Å². The predicted molar refractivity (Wildman–Crippen MR) is 117 cm³/mol. The SMILES string of the molecule is Cc1cc2[nH]c3cc4c(=O)c5ccccc5[nH]c4c(S(=O)(=O)O)c3c(=O)c2cc1C. The number of pyridine rings is 2. The summed E-state index contributed by atoms with van der Waals surface area (Å²) in [5.41, 5.74) is 1.89. The van der Waals surface area contributed by atoms with Gasteiger partial charge in [0.05, 0.1) is 21.9 Å². The van der Waals surface area contributed by atoms with Crippen LogP contribution in [0, 0.1) is 13.8 Å². The third kappa shape index (κ3) is 2.51. The molecule has 7 nitrogen and oxygen atoms in total. The molecular weight excluding hydrogens is 404 g/mol. The number of aromatic nitrogens is 2. The van der Waals surface area contributed by atoms with Crippen molar-refractivity contribution >= 4 is 53.7 Å². The number of benzene rings is 3. The summed E-state index contributed by atoms with van der Waals surface area (Å²) in [5, 5.41) is 0.553. The van der Waals surface area contributed by atoms with Crippen molar-refractivity contribution in [3.05, 3.63) is 74.0 Å². The molecule has 8 heteroatoms. The molecule has 2 heterocycles. The Balaban J connectivity index is 2.16. The van der Waals surface area contributed by atoms with Crippen molar-refractivity contribution in [2.24, 2.45) is 0 Å². The Hall–Kier alpha value is -3.49. The van der Waals surface area contributed by atoms with E-state index in [1.54, 1.807) is 36.4 Å².